The molecule has 1 aliphatic carbocycles. The van der Waals surface area contributed by atoms with Gasteiger partial charge in [-0.25, -0.2) is 0 Å². The molecule has 1 aliphatic heterocycles. The molecular weight excluding hydrogens is 382 g/mol. The van der Waals surface area contributed by atoms with Crippen molar-refractivity contribution in [3.05, 3.63) is 12.2 Å². The fourth-order valence-electron chi connectivity index (χ4n) is 4.30. The molecule has 0 spiro atoms. The SMILES string of the molecule is CCCCCCCCCCCCCCC(=O)N[C@H](CO)C[C@@]1(O)C(=O)C=C[C@@H]2O[C@@H]21. The molecule has 1 amide bonds. The number of carbonyl (C=O) groups excluding carboxylic acids is 2. The molecule has 30 heavy (non-hydrogen) atoms. The Kier molecular flexibility index (Phi) is 11.0. The van der Waals surface area contributed by atoms with E-state index in [1.165, 1.54) is 63.9 Å². The Morgan fingerprint density at radius 3 is 2.20 bits per heavy atom. The van der Waals surface area contributed by atoms with Gasteiger partial charge >= 0.3 is 0 Å². The van der Waals surface area contributed by atoms with Crippen molar-refractivity contribution >= 4 is 11.7 Å². The van der Waals surface area contributed by atoms with Crippen LogP contribution in [0.5, 0.6) is 0 Å². The van der Waals surface area contributed by atoms with E-state index in [-0.39, 0.29) is 25.0 Å². The van der Waals surface area contributed by atoms with Gasteiger partial charge in [0.15, 0.2) is 11.4 Å². The summed E-state index contributed by atoms with van der Waals surface area (Å²) < 4.78 is 5.31. The van der Waals surface area contributed by atoms with Crippen LogP contribution in [0, 0.1) is 0 Å². The minimum Gasteiger partial charge on any atom is -0.394 e. The molecule has 1 fully saturated rings. The van der Waals surface area contributed by atoms with Crippen LogP contribution < -0.4 is 5.32 Å². The number of carbonyl (C=O) groups is 2. The van der Waals surface area contributed by atoms with Crippen LogP contribution >= 0.6 is 0 Å². The van der Waals surface area contributed by atoms with Crippen molar-refractivity contribution in [3.8, 4) is 0 Å². The van der Waals surface area contributed by atoms with Crippen molar-refractivity contribution in [3.63, 3.8) is 0 Å². The standard InChI is InChI=1S/C24H41NO5/c1-2-3-4-5-6-7-8-9-10-11-12-13-14-22(28)25-19(18-26)17-24(29)21(27)16-15-20-23(24)30-20/h15-16,19-20,23,26,29H,2-14,17-18H2,1H3,(H,25,28)/t19-,20-,23-,24+/m0/s1. The average Bonchev–Trinajstić information content (AvgIpc) is 3.52. The number of ketones is 1. The van der Waals surface area contributed by atoms with Gasteiger partial charge in [0.1, 0.15) is 12.2 Å². The van der Waals surface area contributed by atoms with Crippen LogP contribution in [0.25, 0.3) is 0 Å². The lowest BCUT2D eigenvalue weighted by atomic mass is 9.82. The molecule has 0 aromatic rings. The molecule has 6 nitrogen and oxygen atoms in total. The molecule has 1 heterocycles. The van der Waals surface area contributed by atoms with E-state index in [0.29, 0.717) is 6.42 Å². The molecule has 172 valence electrons. The highest BCUT2D eigenvalue weighted by atomic mass is 16.6. The third kappa shape index (κ3) is 8.12. The van der Waals surface area contributed by atoms with Gasteiger partial charge in [-0.05, 0) is 18.6 Å². The maximum atomic E-state index is 12.2. The maximum Gasteiger partial charge on any atom is 0.220 e. The van der Waals surface area contributed by atoms with Crippen molar-refractivity contribution in [2.24, 2.45) is 0 Å². The van der Waals surface area contributed by atoms with Gasteiger partial charge in [0.05, 0.1) is 12.6 Å². The van der Waals surface area contributed by atoms with Crippen LogP contribution in [0.2, 0.25) is 0 Å². The summed E-state index contributed by atoms with van der Waals surface area (Å²) in [6.45, 7) is 1.93. The molecule has 0 unspecified atom stereocenters. The van der Waals surface area contributed by atoms with Crippen molar-refractivity contribution in [2.45, 2.75) is 121 Å². The molecule has 1 saturated heterocycles. The average molecular weight is 424 g/mol. The Bertz CT molecular complexity index is 564. The summed E-state index contributed by atoms with van der Waals surface area (Å²) in [6, 6.07) is -0.653. The lowest BCUT2D eigenvalue weighted by Crippen LogP contribution is -2.52. The molecule has 0 saturated carbocycles. The smallest absolute Gasteiger partial charge is 0.220 e. The van der Waals surface area contributed by atoms with E-state index < -0.39 is 23.5 Å². The molecule has 0 aromatic heterocycles. The fraction of sp³-hybridized carbons (Fsp3) is 0.833. The quantitative estimate of drug-likeness (QED) is 0.245. The van der Waals surface area contributed by atoms with Gasteiger partial charge in [-0.3, -0.25) is 9.59 Å². The largest absolute Gasteiger partial charge is 0.394 e. The number of hydrogen-bond donors (Lipinski definition) is 3. The number of ether oxygens (including phenoxy) is 1. The number of aliphatic hydroxyl groups is 2. The Hall–Kier alpha value is -1.24. The predicted octanol–water partition coefficient (Wildman–Crippen LogP) is 3.58. The normalized spacial score (nSPS) is 25.8. The number of hydrogen-bond acceptors (Lipinski definition) is 5. The van der Waals surface area contributed by atoms with E-state index in [2.05, 4.69) is 12.2 Å². The van der Waals surface area contributed by atoms with Crippen LogP contribution in [0.1, 0.15) is 96.8 Å². The monoisotopic (exact) mass is 423 g/mol. The molecular formula is C24H41NO5. The van der Waals surface area contributed by atoms with Crippen LogP contribution in [0.3, 0.4) is 0 Å². The zero-order chi connectivity index (χ0) is 21.8. The maximum absolute atomic E-state index is 12.2. The number of epoxide rings is 1. The molecule has 0 bridgehead atoms. The number of aliphatic hydroxyl groups excluding tert-OH is 1. The first kappa shape index (κ1) is 25.0. The van der Waals surface area contributed by atoms with Crippen LogP contribution in [0.15, 0.2) is 12.2 Å². The van der Waals surface area contributed by atoms with Gasteiger partial charge in [0, 0.05) is 12.8 Å². The van der Waals surface area contributed by atoms with Crippen molar-refractivity contribution in [2.75, 3.05) is 6.61 Å². The highest BCUT2D eigenvalue weighted by Crippen LogP contribution is 2.40. The van der Waals surface area contributed by atoms with Crippen LogP contribution in [-0.2, 0) is 14.3 Å². The van der Waals surface area contributed by atoms with E-state index >= 15 is 0 Å². The Morgan fingerprint density at radius 2 is 1.63 bits per heavy atom. The second kappa shape index (κ2) is 13.2. The lowest BCUT2D eigenvalue weighted by molar-refractivity contribution is -0.137. The summed E-state index contributed by atoms with van der Waals surface area (Å²) in [5.41, 5.74) is -1.66. The predicted molar refractivity (Wildman–Crippen MR) is 117 cm³/mol. The Balaban J connectivity index is 1.50. The zero-order valence-corrected chi connectivity index (χ0v) is 18.6. The molecule has 4 atom stereocenters. The van der Waals surface area contributed by atoms with Gasteiger partial charge in [-0.1, -0.05) is 77.6 Å². The number of amides is 1. The zero-order valence-electron chi connectivity index (χ0n) is 18.6. The Morgan fingerprint density at radius 1 is 1.07 bits per heavy atom. The van der Waals surface area contributed by atoms with Crippen LogP contribution in [0.4, 0.5) is 0 Å². The highest BCUT2D eigenvalue weighted by Gasteiger charge is 2.59. The topological polar surface area (TPSA) is 99.2 Å². The highest BCUT2D eigenvalue weighted by molar-refractivity contribution is 5.99. The second-order valence-electron chi connectivity index (χ2n) is 8.96. The molecule has 2 aliphatic rings. The van der Waals surface area contributed by atoms with E-state index in [0.717, 1.165) is 19.3 Å². The van der Waals surface area contributed by atoms with Crippen molar-refractivity contribution < 1.29 is 24.5 Å². The first-order valence-electron chi connectivity index (χ1n) is 12.0. The Labute approximate surface area is 181 Å². The van der Waals surface area contributed by atoms with E-state index in [9.17, 15) is 19.8 Å². The fourth-order valence-corrected chi connectivity index (χ4v) is 4.30. The van der Waals surface area contributed by atoms with E-state index in [4.69, 9.17) is 4.74 Å². The molecule has 0 aromatic carbocycles. The van der Waals surface area contributed by atoms with Crippen molar-refractivity contribution in [1.82, 2.24) is 5.32 Å². The third-order valence-electron chi connectivity index (χ3n) is 6.26. The van der Waals surface area contributed by atoms with E-state index in [1.54, 1.807) is 6.08 Å². The van der Waals surface area contributed by atoms with Gasteiger partial charge in [-0.2, -0.15) is 0 Å². The molecule has 2 rings (SSSR count). The summed E-state index contributed by atoms with van der Waals surface area (Å²) in [4.78, 5) is 24.3. The van der Waals surface area contributed by atoms with Gasteiger partial charge in [0.25, 0.3) is 0 Å². The van der Waals surface area contributed by atoms with Gasteiger partial charge < -0.3 is 20.3 Å². The summed E-state index contributed by atoms with van der Waals surface area (Å²) >= 11 is 0. The number of unbranched alkanes of at least 4 members (excludes halogenated alkanes) is 11. The number of nitrogens with one attached hydrogen (secondary N) is 1. The van der Waals surface area contributed by atoms with Crippen molar-refractivity contribution in [1.29, 1.82) is 0 Å². The van der Waals surface area contributed by atoms with Gasteiger partial charge in [-0.15, -0.1) is 0 Å². The number of fused-ring (bicyclic) bond motifs is 1. The summed E-state index contributed by atoms with van der Waals surface area (Å²) in [7, 11) is 0. The minimum absolute atomic E-state index is 0.0297. The first-order valence-corrected chi connectivity index (χ1v) is 12.0. The summed E-state index contributed by atoms with van der Waals surface area (Å²) in [6.07, 6.45) is 17.5. The lowest BCUT2D eigenvalue weighted by Gasteiger charge is -2.29. The molecule has 0 radical (unpaired) electrons. The van der Waals surface area contributed by atoms with Crippen LogP contribution in [-0.4, -0.2) is 52.4 Å². The third-order valence-corrected chi connectivity index (χ3v) is 6.26. The second-order valence-corrected chi connectivity index (χ2v) is 8.96. The minimum atomic E-state index is -1.66. The number of rotatable bonds is 17. The molecule has 3 N–H and O–H groups in total. The first-order chi connectivity index (χ1) is 14.5. The summed E-state index contributed by atoms with van der Waals surface area (Å²) in [5.74, 6) is -0.563. The van der Waals surface area contributed by atoms with Gasteiger partial charge in [0.2, 0.25) is 5.91 Å². The molecule has 6 heteroatoms. The summed E-state index contributed by atoms with van der Waals surface area (Å²) in [5, 5.41) is 23.0. The van der Waals surface area contributed by atoms with E-state index in [1.807, 2.05) is 0 Å².